The summed E-state index contributed by atoms with van der Waals surface area (Å²) in [7, 11) is 1.68. The van der Waals surface area contributed by atoms with Crippen molar-refractivity contribution in [1.29, 1.82) is 0 Å². The minimum atomic E-state index is 0.290. The Morgan fingerprint density at radius 3 is 2.39 bits per heavy atom. The van der Waals surface area contributed by atoms with Crippen LogP contribution in [0.3, 0.4) is 0 Å². The smallest absolute Gasteiger partial charge is 0.119 e. The molecule has 2 heteroatoms. The zero-order valence-electron chi connectivity index (χ0n) is 11.1. The molecule has 0 heterocycles. The van der Waals surface area contributed by atoms with E-state index in [1.807, 2.05) is 24.3 Å². The Bertz CT molecular complexity index is 505. The maximum atomic E-state index is 5.15. The second-order valence-corrected chi connectivity index (χ2v) is 4.51. The van der Waals surface area contributed by atoms with Crippen molar-refractivity contribution in [3.8, 4) is 5.75 Å². The molecule has 0 radical (unpaired) electrons. The van der Waals surface area contributed by atoms with Gasteiger partial charge in [0.05, 0.1) is 7.11 Å². The normalized spacial score (nSPS) is 11.9. The minimum absolute atomic E-state index is 0.290. The Kier molecular flexibility index (Phi) is 3.88. The molecule has 0 saturated heterocycles. The van der Waals surface area contributed by atoms with E-state index in [1.54, 1.807) is 7.11 Å². The molecule has 2 rings (SSSR count). The van der Waals surface area contributed by atoms with Crippen LogP contribution in [0, 0.1) is 6.92 Å². The molecule has 0 bridgehead atoms. The van der Waals surface area contributed by atoms with Gasteiger partial charge < -0.3 is 10.1 Å². The third kappa shape index (κ3) is 3.04. The van der Waals surface area contributed by atoms with Gasteiger partial charge in [-0.05, 0) is 43.7 Å². The van der Waals surface area contributed by atoms with Gasteiger partial charge in [0.15, 0.2) is 0 Å². The number of nitrogens with one attached hydrogen (secondary N) is 1. The summed E-state index contributed by atoms with van der Waals surface area (Å²) in [6, 6.07) is 16.8. The molecular formula is C16H19NO. The predicted molar refractivity (Wildman–Crippen MR) is 76.2 cm³/mol. The third-order valence-electron chi connectivity index (χ3n) is 3.02. The molecule has 94 valence electrons. The highest BCUT2D eigenvalue weighted by Crippen LogP contribution is 2.21. The second kappa shape index (κ2) is 5.58. The van der Waals surface area contributed by atoms with Crippen LogP contribution in [0.5, 0.6) is 5.75 Å². The van der Waals surface area contributed by atoms with E-state index in [1.165, 1.54) is 11.1 Å². The van der Waals surface area contributed by atoms with Crippen molar-refractivity contribution in [3.05, 3.63) is 59.7 Å². The fourth-order valence-electron chi connectivity index (χ4n) is 1.96. The van der Waals surface area contributed by atoms with E-state index in [4.69, 9.17) is 4.74 Å². The maximum absolute atomic E-state index is 5.15. The average Bonchev–Trinajstić information content (AvgIpc) is 2.39. The predicted octanol–water partition coefficient (Wildman–Crippen LogP) is 4.18. The largest absolute Gasteiger partial charge is 0.497 e. The number of ether oxygens (including phenoxy) is 1. The summed E-state index contributed by atoms with van der Waals surface area (Å²) in [4.78, 5) is 0. The van der Waals surface area contributed by atoms with Gasteiger partial charge in [0, 0.05) is 11.7 Å². The van der Waals surface area contributed by atoms with Crippen LogP contribution in [0.15, 0.2) is 48.5 Å². The van der Waals surface area contributed by atoms with E-state index in [9.17, 15) is 0 Å². The first-order valence-electron chi connectivity index (χ1n) is 6.16. The van der Waals surface area contributed by atoms with Gasteiger partial charge in [-0.25, -0.2) is 0 Å². The Balaban J connectivity index is 2.08. The number of benzene rings is 2. The summed E-state index contributed by atoms with van der Waals surface area (Å²) in [6.45, 7) is 4.28. The number of hydrogen-bond acceptors (Lipinski definition) is 2. The Morgan fingerprint density at radius 1 is 1.06 bits per heavy atom. The van der Waals surface area contributed by atoms with Gasteiger partial charge in [0.1, 0.15) is 5.75 Å². The zero-order valence-corrected chi connectivity index (χ0v) is 11.1. The molecule has 1 atom stereocenters. The highest BCUT2D eigenvalue weighted by molar-refractivity contribution is 5.48. The molecule has 0 aliphatic heterocycles. The third-order valence-corrected chi connectivity index (χ3v) is 3.02. The molecule has 0 aromatic heterocycles. The lowest BCUT2D eigenvalue weighted by Gasteiger charge is -2.16. The monoisotopic (exact) mass is 241 g/mol. The van der Waals surface area contributed by atoms with E-state index in [0.717, 1.165) is 11.4 Å². The van der Waals surface area contributed by atoms with Gasteiger partial charge in [-0.3, -0.25) is 0 Å². The highest BCUT2D eigenvalue weighted by atomic mass is 16.5. The first-order valence-corrected chi connectivity index (χ1v) is 6.16. The molecule has 1 N–H and O–H groups in total. The maximum Gasteiger partial charge on any atom is 0.119 e. The fourth-order valence-corrected chi connectivity index (χ4v) is 1.96. The molecule has 18 heavy (non-hydrogen) atoms. The molecule has 0 unspecified atom stereocenters. The summed E-state index contributed by atoms with van der Waals surface area (Å²) in [5, 5.41) is 3.48. The van der Waals surface area contributed by atoms with Crippen molar-refractivity contribution in [2.45, 2.75) is 19.9 Å². The highest BCUT2D eigenvalue weighted by Gasteiger charge is 2.05. The molecule has 2 nitrogen and oxygen atoms in total. The lowest BCUT2D eigenvalue weighted by Crippen LogP contribution is -2.06. The van der Waals surface area contributed by atoms with Crippen molar-refractivity contribution in [2.75, 3.05) is 12.4 Å². The number of rotatable bonds is 4. The van der Waals surface area contributed by atoms with E-state index in [0.29, 0.717) is 6.04 Å². The first kappa shape index (κ1) is 12.5. The first-order chi connectivity index (χ1) is 8.69. The van der Waals surface area contributed by atoms with Crippen molar-refractivity contribution in [3.63, 3.8) is 0 Å². The molecule has 0 saturated carbocycles. The van der Waals surface area contributed by atoms with Crippen LogP contribution in [0.25, 0.3) is 0 Å². The summed E-state index contributed by atoms with van der Waals surface area (Å²) in [6.07, 6.45) is 0. The van der Waals surface area contributed by atoms with Gasteiger partial charge >= 0.3 is 0 Å². The molecule has 2 aromatic rings. The number of aryl methyl sites for hydroxylation is 1. The lowest BCUT2D eigenvalue weighted by atomic mass is 10.1. The van der Waals surface area contributed by atoms with Crippen molar-refractivity contribution in [1.82, 2.24) is 0 Å². The molecular weight excluding hydrogens is 222 g/mol. The van der Waals surface area contributed by atoms with Gasteiger partial charge in [-0.15, -0.1) is 0 Å². The van der Waals surface area contributed by atoms with Crippen LogP contribution in [0.4, 0.5) is 5.69 Å². The summed E-state index contributed by atoms with van der Waals surface area (Å²) >= 11 is 0. The van der Waals surface area contributed by atoms with Crippen LogP contribution >= 0.6 is 0 Å². The van der Waals surface area contributed by atoms with Crippen molar-refractivity contribution >= 4 is 5.69 Å². The molecule has 0 spiro atoms. The molecule has 0 fully saturated rings. The molecule has 0 aliphatic carbocycles. The zero-order chi connectivity index (χ0) is 13.0. The lowest BCUT2D eigenvalue weighted by molar-refractivity contribution is 0.415. The minimum Gasteiger partial charge on any atom is -0.497 e. The van der Waals surface area contributed by atoms with E-state index in [-0.39, 0.29) is 0 Å². The molecule has 2 aromatic carbocycles. The Morgan fingerprint density at radius 2 is 1.78 bits per heavy atom. The van der Waals surface area contributed by atoms with Crippen LogP contribution in [0.1, 0.15) is 24.1 Å². The number of hydrogen-bond donors (Lipinski definition) is 1. The summed E-state index contributed by atoms with van der Waals surface area (Å²) in [5.41, 5.74) is 3.69. The molecule has 0 aliphatic rings. The van der Waals surface area contributed by atoms with Crippen LogP contribution < -0.4 is 10.1 Å². The van der Waals surface area contributed by atoms with Gasteiger partial charge in [-0.1, -0.05) is 29.8 Å². The number of methoxy groups -OCH3 is 1. The van der Waals surface area contributed by atoms with Crippen LogP contribution in [-0.2, 0) is 0 Å². The standard InChI is InChI=1S/C16H19NO/c1-12-5-4-6-14(11-12)13(2)17-15-7-9-16(18-3)10-8-15/h4-11,13,17H,1-3H3/t13-/m1/s1. The van der Waals surface area contributed by atoms with Crippen molar-refractivity contribution in [2.24, 2.45) is 0 Å². The van der Waals surface area contributed by atoms with E-state index < -0.39 is 0 Å². The van der Waals surface area contributed by atoms with Crippen LogP contribution in [0.2, 0.25) is 0 Å². The summed E-state index contributed by atoms with van der Waals surface area (Å²) in [5.74, 6) is 0.878. The van der Waals surface area contributed by atoms with Gasteiger partial charge in [0.25, 0.3) is 0 Å². The van der Waals surface area contributed by atoms with Gasteiger partial charge in [0.2, 0.25) is 0 Å². The topological polar surface area (TPSA) is 21.3 Å². The van der Waals surface area contributed by atoms with E-state index in [2.05, 4.69) is 43.4 Å². The Hall–Kier alpha value is -1.96. The van der Waals surface area contributed by atoms with Crippen molar-refractivity contribution < 1.29 is 4.74 Å². The summed E-state index contributed by atoms with van der Waals surface area (Å²) < 4.78 is 5.15. The SMILES string of the molecule is COc1ccc(N[C@H](C)c2cccc(C)c2)cc1. The fraction of sp³-hybridized carbons (Fsp3) is 0.250. The Labute approximate surface area is 109 Å². The van der Waals surface area contributed by atoms with Gasteiger partial charge in [-0.2, -0.15) is 0 Å². The van der Waals surface area contributed by atoms with Crippen LogP contribution in [-0.4, -0.2) is 7.11 Å². The quantitative estimate of drug-likeness (QED) is 0.867. The number of anilines is 1. The average molecular weight is 241 g/mol. The molecule has 0 amide bonds. The second-order valence-electron chi connectivity index (χ2n) is 4.51. The van der Waals surface area contributed by atoms with E-state index >= 15 is 0 Å².